The van der Waals surface area contributed by atoms with E-state index in [9.17, 15) is 14.4 Å². The van der Waals surface area contributed by atoms with Crippen LogP contribution >= 0.6 is 15.9 Å². The number of rotatable bonds is 1. The maximum absolute atomic E-state index is 12.0. The van der Waals surface area contributed by atoms with Crippen molar-refractivity contribution >= 4 is 33.9 Å². The lowest BCUT2D eigenvalue weighted by atomic mass is 10.2. The minimum absolute atomic E-state index is 0.326. The Kier molecular flexibility index (Phi) is 2.97. The molecular formula is C11H8BrNO4. The van der Waals surface area contributed by atoms with Crippen molar-refractivity contribution in [2.24, 2.45) is 0 Å². The summed E-state index contributed by atoms with van der Waals surface area (Å²) in [4.78, 5) is 35.3. The van der Waals surface area contributed by atoms with E-state index in [0.29, 0.717) is 5.56 Å². The molecule has 1 aromatic carbocycles. The molecule has 0 aromatic heterocycles. The summed E-state index contributed by atoms with van der Waals surface area (Å²) in [5.74, 6) is -1.25. The van der Waals surface area contributed by atoms with Crippen molar-refractivity contribution < 1.29 is 19.1 Å². The molecule has 88 valence electrons. The Hall–Kier alpha value is -1.69. The van der Waals surface area contributed by atoms with Crippen LogP contribution in [0.4, 0.5) is 4.79 Å². The number of imide groups is 1. The molecular weight excluding hydrogens is 290 g/mol. The smallest absolute Gasteiger partial charge is 0.374 e. The highest BCUT2D eigenvalue weighted by molar-refractivity contribution is 9.10. The van der Waals surface area contributed by atoms with Gasteiger partial charge in [-0.3, -0.25) is 4.79 Å². The first-order valence-electron chi connectivity index (χ1n) is 4.85. The third-order valence-corrected chi connectivity index (χ3v) is 2.95. The predicted octanol–water partition coefficient (Wildman–Crippen LogP) is 1.96. The summed E-state index contributed by atoms with van der Waals surface area (Å²) in [5, 5.41) is 0. The van der Waals surface area contributed by atoms with Gasteiger partial charge in [0.25, 0.3) is 5.91 Å². The zero-order chi connectivity index (χ0) is 12.6. The maximum Gasteiger partial charge on any atom is 0.425 e. The van der Waals surface area contributed by atoms with Crippen LogP contribution < -0.4 is 0 Å². The van der Waals surface area contributed by atoms with Crippen LogP contribution in [0.25, 0.3) is 0 Å². The Labute approximate surface area is 105 Å². The summed E-state index contributed by atoms with van der Waals surface area (Å²) in [5.41, 5.74) is 0.326. The van der Waals surface area contributed by atoms with E-state index in [2.05, 4.69) is 20.7 Å². The minimum atomic E-state index is -0.921. The lowest BCUT2D eigenvalue weighted by Gasteiger charge is -2.14. The first-order valence-corrected chi connectivity index (χ1v) is 5.65. The molecule has 0 spiro atoms. The SMILES string of the molecule is CC1C(=O)OC(=O)N1C(=O)c1ccc(Br)cc1. The number of carbonyl (C=O) groups is 3. The Balaban J connectivity index is 2.29. The average Bonchev–Trinajstić information content (AvgIpc) is 2.53. The second-order valence-corrected chi connectivity index (χ2v) is 4.46. The molecule has 1 aliphatic rings. The standard InChI is InChI=1S/C11H8BrNO4/c1-6-10(15)17-11(16)13(6)9(14)7-2-4-8(12)5-3-7/h2-6H,1H3. The van der Waals surface area contributed by atoms with Crippen LogP contribution in [0, 0.1) is 0 Å². The van der Waals surface area contributed by atoms with Gasteiger partial charge in [0, 0.05) is 10.0 Å². The number of nitrogens with zero attached hydrogens (tertiary/aromatic N) is 1. The summed E-state index contributed by atoms with van der Waals surface area (Å²) in [6.07, 6.45) is -0.921. The van der Waals surface area contributed by atoms with Crippen LogP contribution in [0.3, 0.4) is 0 Å². The summed E-state index contributed by atoms with van der Waals surface area (Å²) in [6, 6.07) is 5.62. The molecule has 6 heteroatoms. The number of esters is 1. The number of hydrogen-bond donors (Lipinski definition) is 0. The molecule has 1 unspecified atom stereocenters. The van der Waals surface area contributed by atoms with E-state index in [0.717, 1.165) is 9.37 Å². The summed E-state index contributed by atoms with van der Waals surface area (Å²) < 4.78 is 5.19. The Morgan fingerprint density at radius 1 is 1.29 bits per heavy atom. The molecule has 5 nitrogen and oxygen atoms in total. The molecule has 1 aliphatic heterocycles. The third-order valence-electron chi connectivity index (χ3n) is 2.42. The van der Waals surface area contributed by atoms with E-state index in [1.54, 1.807) is 24.3 Å². The molecule has 0 bridgehead atoms. The molecule has 1 aromatic rings. The molecule has 2 amide bonds. The van der Waals surface area contributed by atoms with E-state index in [1.807, 2.05) is 0 Å². The van der Waals surface area contributed by atoms with Gasteiger partial charge in [-0.05, 0) is 31.2 Å². The minimum Gasteiger partial charge on any atom is -0.374 e. The average molecular weight is 298 g/mol. The molecule has 0 N–H and O–H groups in total. The lowest BCUT2D eigenvalue weighted by Crippen LogP contribution is -2.38. The predicted molar refractivity (Wildman–Crippen MR) is 61.3 cm³/mol. The van der Waals surface area contributed by atoms with Crippen molar-refractivity contribution in [2.45, 2.75) is 13.0 Å². The van der Waals surface area contributed by atoms with Crippen molar-refractivity contribution in [3.63, 3.8) is 0 Å². The number of benzene rings is 1. The fraction of sp³-hybridized carbons (Fsp3) is 0.182. The second kappa shape index (κ2) is 4.29. The van der Waals surface area contributed by atoms with E-state index < -0.39 is 24.0 Å². The molecule has 0 radical (unpaired) electrons. The van der Waals surface area contributed by atoms with Gasteiger partial charge in [0.2, 0.25) is 0 Å². The van der Waals surface area contributed by atoms with Gasteiger partial charge >= 0.3 is 12.1 Å². The van der Waals surface area contributed by atoms with Gasteiger partial charge in [-0.15, -0.1) is 0 Å². The van der Waals surface area contributed by atoms with Gasteiger partial charge in [0.15, 0.2) is 0 Å². The Morgan fingerprint density at radius 3 is 2.35 bits per heavy atom. The van der Waals surface area contributed by atoms with Crippen molar-refractivity contribution in [1.29, 1.82) is 0 Å². The van der Waals surface area contributed by atoms with E-state index in [1.165, 1.54) is 6.92 Å². The van der Waals surface area contributed by atoms with Crippen LogP contribution in [-0.4, -0.2) is 28.9 Å². The van der Waals surface area contributed by atoms with Gasteiger partial charge in [0.1, 0.15) is 6.04 Å². The highest BCUT2D eigenvalue weighted by atomic mass is 79.9. The van der Waals surface area contributed by atoms with E-state index in [-0.39, 0.29) is 0 Å². The molecule has 1 atom stereocenters. The largest absolute Gasteiger partial charge is 0.425 e. The van der Waals surface area contributed by atoms with Crippen LogP contribution in [0.15, 0.2) is 28.7 Å². The van der Waals surface area contributed by atoms with Crippen molar-refractivity contribution in [2.75, 3.05) is 0 Å². The van der Waals surface area contributed by atoms with Crippen molar-refractivity contribution in [3.8, 4) is 0 Å². The van der Waals surface area contributed by atoms with Gasteiger partial charge < -0.3 is 4.74 Å². The topological polar surface area (TPSA) is 63.7 Å². The van der Waals surface area contributed by atoms with E-state index >= 15 is 0 Å². The van der Waals surface area contributed by atoms with Crippen LogP contribution in [-0.2, 0) is 9.53 Å². The second-order valence-electron chi connectivity index (χ2n) is 3.55. The Morgan fingerprint density at radius 2 is 1.88 bits per heavy atom. The number of carbonyl (C=O) groups excluding carboxylic acids is 3. The normalized spacial score (nSPS) is 19.4. The number of halogens is 1. The van der Waals surface area contributed by atoms with Crippen molar-refractivity contribution in [3.05, 3.63) is 34.3 Å². The highest BCUT2D eigenvalue weighted by Crippen LogP contribution is 2.18. The number of amides is 2. The zero-order valence-corrected chi connectivity index (χ0v) is 10.4. The monoisotopic (exact) mass is 297 g/mol. The van der Waals surface area contributed by atoms with Crippen LogP contribution in [0.1, 0.15) is 17.3 Å². The fourth-order valence-electron chi connectivity index (χ4n) is 1.47. The molecule has 1 saturated heterocycles. The van der Waals surface area contributed by atoms with Crippen LogP contribution in [0.5, 0.6) is 0 Å². The first-order chi connectivity index (χ1) is 8.00. The zero-order valence-electron chi connectivity index (χ0n) is 8.84. The molecule has 0 aliphatic carbocycles. The lowest BCUT2D eigenvalue weighted by molar-refractivity contribution is -0.135. The molecule has 0 saturated carbocycles. The highest BCUT2D eigenvalue weighted by Gasteiger charge is 2.42. The number of hydrogen-bond acceptors (Lipinski definition) is 4. The quantitative estimate of drug-likeness (QED) is 0.587. The fourth-order valence-corrected chi connectivity index (χ4v) is 1.74. The molecule has 17 heavy (non-hydrogen) atoms. The number of ether oxygens (including phenoxy) is 1. The third kappa shape index (κ3) is 2.08. The molecule has 2 rings (SSSR count). The van der Waals surface area contributed by atoms with Crippen molar-refractivity contribution in [1.82, 2.24) is 4.90 Å². The van der Waals surface area contributed by atoms with Gasteiger partial charge in [-0.2, -0.15) is 0 Å². The molecule has 1 fully saturated rings. The summed E-state index contributed by atoms with van der Waals surface area (Å²) in [6.45, 7) is 1.45. The van der Waals surface area contributed by atoms with Gasteiger partial charge in [-0.1, -0.05) is 15.9 Å². The van der Waals surface area contributed by atoms with E-state index in [4.69, 9.17) is 0 Å². The Bertz CT molecular complexity index is 497. The summed E-state index contributed by atoms with van der Waals surface area (Å²) in [7, 11) is 0. The maximum atomic E-state index is 12.0. The van der Waals surface area contributed by atoms with Crippen LogP contribution in [0.2, 0.25) is 0 Å². The first kappa shape index (κ1) is 11.8. The van der Waals surface area contributed by atoms with Gasteiger partial charge in [0.05, 0.1) is 0 Å². The molecule has 1 heterocycles. The van der Waals surface area contributed by atoms with Gasteiger partial charge in [-0.25, -0.2) is 14.5 Å². The summed E-state index contributed by atoms with van der Waals surface area (Å²) >= 11 is 3.24. The number of cyclic esters (lactones) is 2.